The smallest absolute Gasteiger partial charge is 0.310 e. The maximum atomic E-state index is 13.1. The Labute approximate surface area is 167 Å². The Kier molecular flexibility index (Phi) is 6.22. The first-order chi connectivity index (χ1) is 13.8. The number of nitrogens with zero attached hydrogens (tertiary/aromatic N) is 1. The van der Waals surface area contributed by atoms with Gasteiger partial charge in [-0.25, -0.2) is 8.78 Å². The normalized spacial score (nSPS) is 10.8. The summed E-state index contributed by atoms with van der Waals surface area (Å²) in [4.78, 5) is 24.5. The van der Waals surface area contributed by atoms with Crippen LogP contribution in [-0.4, -0.2) is 22.9 Å². The fraction of sp³-hybridized carbons (Fsp3) is 0.217. The average molecular weight is 397 g/mol. The zero-order valence-electron chi connectivity index (χ0n) is 16.2. The van der Waals surface area contributed by atoms with Gasteiger partial charge in [0.15, 0.2) is 6.61 Å². The molecule has 0 aliphatic heterocycles. The molecule has 6 heteroatoms. The third-order valence-corrected chi connectivity index (χ3v) is 4.75. The third kappa shape index (κ3) is 5.16. The number of hydrogen-bond donors (Lipinski definition) is 0. The summed E-state index contributed by atoms with van der Waals surface area (Å²) in [5.41, 5.74) is 3.65. The molecule has 0 aliphatic carbocycles. The minimum Gasteiger partial charge on any atom is -0.457 e. The van der Waals surface area contributed by atoms with Crippen LogP contribution in [-0.2, 0) is 22.5 Å². The molecule has 1 heterocycles. The van der Waals surface area contributed by atoms with Crippen LogP contribution in [0.2, 0.25) is 0 Å². The number of aromatic nitrogens is 1. The summed E-state index contributed by atoms with van der Waals surface area (Å²) in [5.74, 6) is -1.53. The summed E-state index contributed by atoms with van der Waals surface area (Å²) in [6, 6.07) is 13.5. The summed E-state index contributed by atoms with van der Waals surface area (Å²) in [6.45, 7) is 3.86. The second kappa shape index (κ2) is 8.82. The van der Waals surface area contributed by atoms with Crippen molar-refractivity contribution in [2.45, 2.75) is 26.8 Å². The lowest BCUT2D eigenvalue weighted by molar-refractivity contribution is -0.141. The highest BCUT2D eigenvalue weighted by Crippen LogP contribution is 2.18. The van der Waals surface area contributed by atoms with Gasteiger partial charge in [-0.3, -0.25) is 9.59 Å². The lowest BCUT2D eigenvalue weighted by Gasteiger charge is -2.10. The van der Waals surface area contributed by atoms with E-state index in [2.05, 4.69) is 0 Å². The van der Waals surface area contributed by atoms with Crippen molar-refractivity contribution in [2.75, 3.05) is 6.61 Å². The number of Topliss-reactive ketones (excluding diaryl/α,β-unsaturated/α-hetero) is 1. The van der Waals surface area contributed by atoms with Crippen molar-refractivity contribution >= 4 is 11.8 Å². The first-order valence-corrected chi connectivity index (χ1v) is 9.18. The molecule has 0 radical (unpaired) electrons. The number of hydrogen-bond acceptors (Lipinski definition) is 3. The first-order valence-electron chi connectivity index (χ1n) is 9.18. The Bertz CT molecular complexity index is 1020. The maximum Gasteiger partial charge on any atom is 0.310 e. The van der Waals surface area contributed by atoms with Crippen molar-refractivity contribution in [1.29, 1.82) is 0 Å². The van der Waals surface area contributed by atoms with Gasteiger partial charge in [0.2, 0.25) is 5.78 Å². The van der Waals surface area contributed by atoms with Gasteiger partial charge < -0.3 is 9.30 Å². The van der Waals surface area contributed by atoms with E-state index < -0.39 is 5.97 Å². The largest absolute Gasteiger partial charge is 0.457 e. The molecule has 0 saturated heterocycles. The van der Waals surface area contributed by atoms with Gasteiger partial charge in [-0.15, -0.1) is 0 Å². The Morgan fingerprint density at radius 2 is 1.45 bits per heavy atom. The second-order valence-corrected chi connectivity index (χ2v) is 6.88. The molecule has 0 spiro atoms. The predicted octanol–water partition coefficient (Wildman–Crippen LogP) is 4.40. The van der Waals surface area contributed by atoms with E-state index in [0.717, 1.165) is 17.0 Å². The summed E-state index contributed by atoms with van der Waals surface area (Å²) >= 11 is 0. The zero-order chi connectivity index (χ0) is 21.0. The van der Waals surface area contributed by atoms with E-state index in [1.54, 1.807) is 18.2 Å². The molecular formula is C23H21F2NO3. The zero-order valence-corrected chi connectivity index (χ0v) is 16.2. The average Bonchev–Trinajstić information content (AvgIpc) is 2.98. The number of halogens is 2. The quantitative estimate of drug-likeness (QED) is 0.439. The van der Waals surface area contributed by atoms with Crippen LogP contribution in [0.5, 0.6) is 0 Å². The molecule has 0 amide bonds. The molecule has 4 nitrogen and oxygen atoms in total. The van der Waals surface area contributed by atoms with E-state index in [1.807, 2.05) is 18.4 Å². The lowest BCUT2D eigenvalue weighted by Crippen LogP contribution is -2.16. The van der Waals surface area contributed by atoms with Gasteiger partial charge in [-0.2, -0.15) is 0 Å². The molecule has 0 saturated carbocycles. The van der Waals surface area contributed by atoms with Gasteiger partial charge >= 0.3 is 5.97 Å². The van der Waals surface area contributed by atoms with Gasteiger partial charge in [0.25, 0.3) is 0 Å². The van der Waals surface area contributed by atoms with Gasteiger partial charge in [-0.05, 0) is 55.3 Å². The van der Waals surface area contributed by atoms with Crippen molar-refractivity contribution in [3.63, 3.8) is 0 Å². The van der Waals surface area contributed by atoms with Crippen LogP contribution in [0.3, 0.4) is 0 Å². The van der Waals surface area contributed by atoms with Crippen LogP contribution in [0, 0.1) is 25.5 Å². The highest BCUT2D eigenvalue weighted by Gasteiger charge is 2.17. The summed E-state index contributed by atoms with van der Waals surface area (Å²) in [6.07, 6.45) is -0.0306. The number of rotatable bonds is 7. The molecule has 2 aromatic carbocycles. The van der Waals surface area contributed by atoms with Crippen LogP contribution in [0.15, 0.2) is 54.6 Å². The van der Waals surface area contributed by atoms with E-state index in [0.29, 0.717) is 17.7 Å². The standard InChI is InChI=1S/C23H21F2NO3/c1-15-11-21(16(2)26(15)13-18-5-9-20(25)10-6-18)22(27)14-29-23(28)12-17-3-7-19(24)8-4-17/h3-11H,12-14H2,1-2H3. The maximum absolute atomic E-state index is 13.1. The van der Waals surface area contributed by atoms with Crippen LogP contribution in [0.4, 0.5) is 8.78 Å². The van der Waals surface area contributed by atoms with Crippen LogP contribution in [0.25, 0.3) is 0 Å². The molecule has 3 rings (SSSR count). The Hall–Kier alpha value is -3.28. The van der Waals surface area contributed by atoms with Crippen molar-refractivity contribution in [1.82, 2.24) is 4.57 Å². The number of carbonyl (C=O) groups is 2. The van der Waals surface area contributed by atoms with E-state index in [1.165, 1.54) is 36.4 Å². The number of aryl methyl sites for hydroxylation is 1. The predicted molar refractivity (Wildman–Crippen MR) is 105 cm³/mol. The van der Waals surface area contributed by atoms with Gasteiger partial charge in [-0.1, -0.05) is 24.3 Å². The molecule has 29 heavy (non-hydrogen) atoms. The van der Waals surface area contributed by atoms with Crippen LogP contribution < -0.4 is 0 Å². The molecule has 0 unspecified atom stereocenters. The molecule has 0 bridgehead atoms. The molecule has 0 atom stereocenters. The molecule has 150 valence electrons. The SMILES string of the molecule is Cc1cc(C(=O)COC(=O)Cc2ccc(F)cc2)c(C)n1Cc1ccc(F)cc1. The van der Waals surface area contributed by atoms with Crippen LogP contribution >= 0.6 is 0 Å². The molecule has 0 fully saturated rings. The summed E-state index contributed by atoms with van der Waals surface area (Å²) in [5, 5.41) is 0. The number of ketones is 1. The van der Waals surface area contributed by atoms with E-state index in [-0.39, 0.29) is 30.4 Å². The monoisotopic (exact) mass is 397 g/mol. The fourth-order valence-electron chi connectivity index (χ4n) is 3.14. The van der Waals surface area contributed by atoms with E-state index in [4.69, 9.17) is 4.74 Å². The van der Waals surface area contributed by atoms with Gasteiger partial charge in [0.1, 0.15) is 11.6 Å². The highest BCUT2D eigenvalue weighted by molar-refractivity contribution is 5.99. The van der Waals surface area contributed by atoms with Crippen molar-refractivity contribution in [3.8, 4) is 0 Å². The molecule has 0 aliphatic rings. The Morgan fingerprint density at radius 3 is 2.03 bits per heavy atom. The Balaban J connectivity index is 1.62. The minimum absolute atomic E-state index is 0.0306. The van der Waals surface area contributed by atoms with Gasteiger partial charge in [0.05, 0.1) is 6.42 Å². The number of benzene rings is 2. The third-order valence-electron chi connectivity index (χ3n) is 4.75. The minimum atomic E-state index is -0.551. The number of esters is 1. The molecule has 1 aromatic heterocycles. The number of ether oxygens (including phenoxy) is 1. The fourth-order valence-corrected chi connectivity index (χ4v) is 3.14. The lowest BCUT2D eigenvalue weighted by atomic mass is 10.1. The van der Waals surface area contributed by atoms with Crippen LogP contribution in [0.1, 0.15) is 32.9 Å². The van der Waals surface area contributed by atoms with E-state index >= 15 is 0 Å². The second-order valence-electron chi connectivity index (χ2n) is 6.88. The van der Waals surface area contributed by atoms with Crippen molar-refractivity contribution in [2.24, 2.45) is 0 Å². The number of carbonyl (C=O) groups excluding carboxylic acids is 2. The molecule has 3 aromatic rings. The molecular weight excluding hydrogens is 376 g/mol. The van der Waals surface area contributed by atoms with Crippen molar-refractivity contribution < 1.29 is 23.1 Å². The highest BCUT2D eigenvalue weighted by atomic mass is 19.1. The summed E-state index contributed by atoms with van der Waals surface area (Å²) in [7, 11) is 0. The summed E-state index contributed by atoms with van der Waals surface area (Å²) < 4.78 is 33.1. The molecule has 0 N–H and O–H groups in total. The van der Waals surface area contributed by atoms with E-state index in [9.17, 15) is 18.4 Å². The Morgan fingerprint density at radius 1 is 0.897 bits per heavy atom. The van der Waals surface area contributed by atoms with Crippen molar-refractivity contribution in [3.05, 3.63) is 94.3 Å². The first kappa shape index (κ1) is 20.5. The van der Waals surface area contributed by atoms with Gasteiger partial charge in [0, 0.05) is 23.5 Å². The topological polar surface area (TPSA) is 48.3 Å².